The highest BCUT2D eigenvalue weighted by atomic mass is 35.5. The Morgan fingerprint density at radius 2 is 2.00 bits per heavy atom. The molecule has 0 aliphatic rings. The number of hydrogen-bond acceptors (Lipinski definition) is 6. The van der Waals surface area contributed by atoms with Crippen molar-refractivity contribution in [3.8, 4) is 5.75 Å². The number of rotatable bonds is 6. The fourth-order valence-corrected chi connectivity index (χ4v) is 3.88. The van der Waals surface area contributed by atoms with Crippen molar-refractivity contribution in [1.29, 1.82) is 0 Å². The molecule has 0 aliphatic heterocycles. The quantitative estimate of drug-likeness (QED) is 0.415. The van der Waals surface area contributed by atoms with E-state index in [1.54, 1.807) is 48.5 Å². The minimum atomic E-state index is -0.375. The Hall–Kier alpha value is -3.36. The van der Waals surface area contributed by atoms with E-state index in [1.165, 1.54) is 17.6 Å². The van der Waals surface area contributed by atoms with Crippen LogP contribution in [0.5, 0.6) is 5.75 Å². The fourth-order valence-electron chi connectivity index (χ4n) is 2.74. The lowest BCUT2D eigenvalue weighted by Crippen LogP contribution is -2.11. The third kappa shape index (κ3) is 4.29. The van der Waals surface area contributed by atoms with Gasteiger partial charge >= 0.3 is 0 Å². The Morgan fingerprint density at radius 1 is 1.13 bits per heavy atom. The van der Waals surface area contributed by atoms with Crippen molar-refractivity contribution in [2.45, 2.75) is 6.92 Å². The average molecular weight is 442 g/mol. The molecule has 0 aliphatic carbocycles. The van der Waals surface area contributed by atoms with Crippen molar-refractivity contribution in [3.05, 3.63) is 71.1 Å². The SMILES string of the molecule is CCOc1ccc(C(=O)Nc2ccc3nc(NC(=O)c4ccco4)sc3c2)cc1Cl. The molecule has 2 N–H and O–H groups in total. The van der Waals surface area contributed by atoms with Crippen LogP contribution in [0.25, 0.3) is 10.2 Å². The maximum atomic E-state index is 12.6. The van der Waals surface area contributed by atoms with Gasteiger partial charge in [-0.3, -0.25) is 14.9 Å². The minimum absolute atomic E-state index is 0.205. The molecule has 0 radical (unpaired) electrons. The highest BCUT2D eigenvalue weighted by Gasteiger charge is 2.14. The number of amides is 2. The first-order valence-corrected chi connectivity index (χ1v) is 10.2. The number of benzene rings is 2. The summed E-state index contributed by atoms with van der Waals surface area (Å²) >= 11 is 7.46. The molecular weight excluding hydrogens is 426 g/mol. The summed E-state index contributed by atoms with van der Waals surface area (Å²) in [4.78, 5) is 29.0. The van der Waals surface area contributed by atoms with E-state index >= 15 is 0 Å². The van der Waals surface area contributed by atoms with E-state index in [2.05, 4.69) is 15.6 Å². The first-order chi connectivity index (χ1) is 14.5. The molecule has 0 bridgehead atoms. The Labute approximate surface area is 180 Å². The van der Waals surface area contributed by atoms with Crippen LogP contribution in [-0.2, 0) is 0 Å². The Balaban J connectivity index is 1.49. The number of ether oxygens (including phenoxy) is 1. The topological polar surface area (TPSA) is 93.5 Å². The van der Waals surface area contributed by atoms with Crippen molar-refractivity contribution in [2.75, 3.05) is 17.2 Å². The molecule has 2 amide bonds. The number of nitrogens with zero attached hydrogens (tertiary/aromatic N) is 1. The molecule has 0 saturated carbocycles. The zero-order chi connectivity index (χ0) is 21.1. The van der Waals surface area contributed by atoms with Gasteiger partial charge in [-0.2, -0.15) is 0 Å². The number of carbonyl (C=O) groups excluding carboxylic acids is 2. The average Bonchev–Trinajstić information content (AvgIpc) is 3.39. The van der Waals surface area contributed by atoms with Gasteiger partial charge in [0.05, 0.1) is 28.1 Å². The predicted octanol–water partition coefficient (Wildman–Crippen LogP) is 5.45. The van der Waals surface area contributed by atoms with Gasteiger partial charge in [-0.05, 0) is 55.5 Å². The fraction of sp³-hybridized carbons (Fsp3) is 0.0952. The second kappa shape index (κ2) is 8.56. The summed E-state index contributed by atoms with van der Waals surface area (Å²) in [6, 6.07) is 13.4. The van der Waals surface area contributed by atoms with Crippen LogP contribution in [0.4, 0.5) is 10.8 Å². The number of fused-ring (bicyclic) bond motifs is 1. The summed E-state index contributed by atoms with van der Waals surface area (Å²) in [5, 5.41) is 6.35. The summed E-state index contributed by atoms with van der Waals surface area (Å²) in [6.07, 6.45) is 1.43. The summed E-state index contributed by atoms with van der Waals surface area (Å²) < 4.78 is 11.3. The van der Waals surface area contributed by atoms with E-state index in [4.69, 9.17) is 20.8 Å². The molecule has 0 atom stereocenters. The first-order valence-electron chi connectivity index (χ1n) is 9.02. The maximum Gasteiger partial charge on any atom is 0.293 e. The van der Waals surface area contributed by atoms with Crippen molar-refractivity contribution >= 4 is 55.8 Å². The second-order valence-corrected chi connectivity index (χ2v) is 7.60. The van der Waals surface area contributed by atoms with Gasteiger partial charge in [-0.25, -0.2) is 4.98 Å². The zero-order valence-corrected chi connectivity index (χ0v) is 17.3. The van der Waals surface area contributed by atoms with Gasteiger partial charge in [0.2, 0.25) is 0 Å². The summed E-state index contributed by atoms with van der Waals surface area (Å²) in [5.74, 6) is 0.0669. The molecule has 0 fully saturated rings. The van der Waals surface area contributed by atoms with Gasteiger partial charge in [0.1, 0.15) is 5.75 Å². The number of furan rings is 1. The smallest absolute Gasteiger partial charge is 0.293 e. The van der Waals surface area contributed by atoms with E-state index in [9.17, 15) is 9.59 Å². The van der Waals surface area contributed by atoms with Gasteiger partial charge in [-0.1, -0.05) is 22.9 Å². The van der Waals surface area contributed by atoms with Crippen LogP contribution >= 0.6 is 22.9 Å². The number of thiazole rings is 1. The molecule has 0 saturated heterocycles. The van der Waals surface area contributed by atoms with Gasteiger partial charge < -0.3 is 14.5 Å². The van der Waals surface area contributed by atoms with Gasteiger partial charge in [0.15, 0.2) is 10.9 Å². The van der Waals surface area contributed by atoms with Gasteiger partial charge in [-0.15, -0.1) is 0 Å². The van der Waals surface area contributed by atoms with Crippen LogP contribution in [0.3, 0.4) is 0 Å². The lowest BCUT2D eigenvalue weighted by Gasteiger charge is -2.08. The molecule has 0 spiro atoms. The molecule has 7 nitrogen and oxygen atoms in total. The highest BCUT2D eigenvalue weighted by Crippen LogP contribution is 2.30. The number of nitrogens with one attached hydrogen (secondary N) is 2. The van der Waals surface area contributed by atoms with Crippen molar-refractivity contribution in [1.82, 2.24) is 4.98 Å². The van der Waals surface area contributed by atoms with Crippen molar-refractivity contribution < 1.29 is 18.7 Å². The third-order valence-electron chi connectivity index (χ3n) is 4.11. The predicted molar refractivity (Wildman–Crippen MR) is 117 cm³/mol. The molecule has 2 aromatic carbocycles. The third-order valence-corrected chi connectivity index (χ3v) is 5.33. The number of hydrogen-bond donors (Lipinski definition) is 2. The van der Waals surface area contributed by atoms with E-state index in [1.807, 2.05) is 6.92 Å². The maximum absolute atomic E-state index is 12.6. The van der Waals surface area contributed by atoms with Crippen LogP contribution in [0, 0.1) is 0 Å². The van der Waals surface area contributed by atoms with E-state index in [0.717, 1.165) is 4.70 Å². The van der Waals surface area contributed by atoms with Crippen molar-refractivity contribution in [3.63, 3.8) is 0 Å². The molecular formula is C21H16ClN3O4S. The number of anilines is 2. The normalized spacial score (nSPS) is 10.7. The van der Waals surface area contributed by atoms with Gasteiger partial charge in [0.25, 0.3) is 11.8 Å². The Kier molecular flexibility index (Phi) is 5.69. The number of aromatic nitrogens is 1. The second-order valence-electron chi connectivity index (χ2n) is 6.17. The minimum Gasteiger partial charge on any atom is -0.492 e. The standard InChI is InChI=1S/C21H16ClN3O4S/c1-2-28-16-8-5-12(10-14(16)22)19(26)23-13-6-7-15-18(11-13)30-21(24-15)25-20(27)17-4-3-9-29-17/h3-11H,2H2,1H3,(H,23,26)(H,24,25,27). The van der Waals surface area contributed by atoms with E-state index in [0.29, 0.717) is 39.3 Å². The molecule has 4 aromatic rings. The molecule has 9 heteroatoms. The molecule has 152 valence electrons. The summed E-state index contributed by atoms with van der Waals surface area (Å²) in [6.45, 7) is 2.35. The summed E-state index contributed by atoms with van der Waals surface area (Å²) in [5.41, 5.74) is 1.72. The molecule has 2 aromatic heterocycles. The Morgan fingerprint density at radius 3 is 2.73 bits per heavy atom. The lowest BCUT2D eigenvalue weighted by atomic mass is 10.2. The van der Waals surface area contributed by atoms with E-state index < -0.39 is 0 Å². The van der Waals surface area contributed by atoms with Crippen LogP contribution in [0.15, 0.2) is 59.2 Å². The molecule has 30 heavy (non-hydrogen) atoms. The number of carbonyl (C=O) groups is 2. The van der Waals surface area contributed by atoms with Crippen LogP contribution < -0.4 is 15.4 Å². The number of halogens is 1. The van der Waals surface area contributed by atoms with Crippen molar-refractivity contribution in [2.24, 2.45) is 0 Å². The highest BCUT2D eigenvalue weighted by molar-refractivity contribution is 7.22. The molecule has 0 unspecified atom stereocenters. The van der Waals surface area contributed by atoms with Gasteiger partial charge in [0, 0.05) is 11.3 Å². The summed E-state index contributed by atoms with van der Waals surface area (Å²) in [7, 11) is 0. The van der Waals surface area contributed by atoms with Crippen LogP contribution in [0.2, 0.25) is 5.02 Å². The van der Waals surface area contributed by atoms with Crippen LogP contribution in [-0.4, -0.2) is 23.4 Å². The van der Waals surface area contributed by atoms with E-state index in [-0.39, 0.29) is 17.6 Å². The van der Waals surface area contributed by atoms with Crippen LogP contribution in [0.1, 0.15) is 27.8 Å². The zero-order valence-electron chi connectivity index (χ0n) is 15.8. The Bertz CT molecular complexity index is 1220. The monoisotopic (exact) mass is 441 g/mol. The first kappa shape index (κ1) is 19.9. The largest absolute Gasteiger partial charge is 0.492 e. The molecule has 4 rings (SSSR count). The lowest BCUT2D eigenvalue weighted by molar-refractivity contribution is 0.0994. The molecule has 2 heterocycles.